The van der Waals surface area contributed by atoms with E-state index in [0.29, 0.717) is 10.7 Å². The zero-order valence-corrected chi connectivity index (χ0v) is 9.69. The smallest absolute Gasteiger partial charge is 0.177 e. The predicted molar refractivity (Wildman–Crippen MR) is 56.7 cm³/mol. The molecule has 0 aliphatic heterocycles. The van der Waals surface area contributed by atoms with Crippen LogP contribution >= 0.6 is 27.5 Å². The van der Waals surface area contributed by atoms with Crippen LogP contribution < -0.4 is 0 Å². The summed E-state index contributed by atoms with van der Waals surface area (Å²) >= 11 is 8.89. The number of hydrogen-bond acceptors (Lipinski definition) is 2. The highest BCUT2D eigenvalue weighted by atomic mass is 79.9. The van der Waals surface area contributed by atoms with Gasteiger partial charge in [0.15, 0.2) is 5.78 Å². The Hall–Kier alpha value is -0.410. The van der Waals surface area contributed by atoms with Gasteiger partial charge in [-0.15, -0.1) is 0 Å². The Morgan fingerprint density at radius 1 is 1.69 bits per heavy atom. The second-order valence-corrected chi connectivity index (χ2v) is 4.56. The normalized spacial score (nSPS) is 12.6. The van der Waals surface area contributed by atoms with Gasteiger partial charge in [-0.2, -0.15) is 0 Å². The minimum Gasteiger partial charge on any atom is -0.293 e. The molecule has 70 valence electrons. The fourth-order valence-corrected chi connectivity index (χ4v) is 1.45. The van der Waals surface area contributed by atoms with E-state index in [0.717, 1.165) is 5.56 Å². The highest BCUT2D eigenvalue weighted by molar-refractivity contribution is 9.10. The molecule has 1 rings (SSSR count). The number of halogens is 2. The average molecular weight is 263 g/mol. The number of nitrogens with zero attached hydrogens (tertiary/aromatic N) is 1. The number of Topliss-reactive ketones (excluding diaryl/α,β-unsaturated/α-hetero) is 1. The first-order chi connectivity index (χ1) is 6.02. The zero-order valence-electron chi connectivity index (χ0n) is 7.34. The van der Waals surface area contributed by atoms with Crippen LogP contribution in [0, 0.1) is 6.92 Å². The lowest BCUT2D eigenvalue weighted by Crippen LogP contribution is -2.11. The first-order valence-electron chi connectivity index (χ1n) is 3.83. The molecule has 0 aliphatic rings. The van der Waals surface area contributed by atoms with E-state index in [4.69, 9.17) is 11.6 Å². The number of aryl methyl sites for hydroxylation is 1. The van der Waals surface area contributed by atoms with Gasteiger partial charge in [-0.1, -0.05) is 27.5 Å². The maximum absolute atomic E-state index is 11.5. The third kappa shape index (κ3) is 2.51. The summed E-state index contributed by atoms with van der Waals surface area (Å²) in [4.78, 5) is 15.2. The number of aromatic nitrogens is 1. The maximum Gasteiger partial charge on any atom is 0.177 e. The summed E-state index contributed by atoms with van der Waals surface area (Å²) in [5, 5.41) is 0.413. The molecule has 0 aromatic carbocycles. The van der Waals surface area contributed by atoms with E-state index >= 15 is 0 Å². The number of carbonyl (C=O) groups excluding carboxylic acids is 1. The van der Waals surface area contributed by atoms with Crippen molar-refractivity contribution >= 4 is 33.3 Å². The molecule has 1 unspecified atom stereocenters. The van der Waals surface area contributed by atoms with Crippen molar-refractivity contribution < 1.29 is 4.79 Å². The minimum absolute atomic E-state index is 0.0293. The molecule has 0 saturated heterocycles. The third-order valence-electron chi connectivity index (χ3n) is 1.70. The van der Waals surface area contributed by atoms with Crippen molar-refractivity contribution in [1.82, 2.24) is 4.98 Å². The summed E-state index contributed by atoms with van der Waals surface area (Å²) in [6.45, 7) is 3.63. The number of ketones is 1. The molecule has 0 aliphatic carbocycles. The van der Waals surface area contributed by atoms with Gasteiger partial charge in [-0.05, 0) is 25.5 Å². The monoisotopic (exact) mass is 261 g/mol. The molecule has 2 nitrogen and oxygen atoms in total. The van der Waals surface area contributed by atoms with Gasteiger partial charge in [0, 0.05) is 11.8 Å². The molecular formula is C9H9BrClNO. The number of alkyl halides is 1. The van der Waals surface area contributed by atoms with Crippen molar-refractivity contribution in [2.75, 3.05) is 0 Å². The molecule has 0 N–H and O–H groups in total. The molecule has 0 bridgehead atoms. The van der Waals surface area contributed by atoms with E-state index in [1.807, 2.05) is 6.92 Å². The van der Waals surface area contributed by atoms with E-state index in [1.54, 1.807) is 13.0 Å². The Bertz CT molecular complexity index is 338. The second kappa shape index (κ2) is 4.20. The number of carbonyl (C=O) groups is 1. The largest absolute Gasteiger partial charge is 0.293 e. The van der Waals surface area contributed by atoms with Crippen LogP contribution in [0.3, 0.4) is 0 Å². The van der Waals surface area contributed by atoms with Crippen molar-refractivity contribution in [3.63, 3.8) is 0 Å². The number of pyridine rings is 1. The molecule has 1 aromatic heterocycles. The predicted octanol–water partition coefficient (Wildman–Crippen LogP) is 3.01. The second-order valence-electron chi connectivity index (χ2n) is 2.80. The van der Waals surface area contributed by atoms with Crippen LogP contribution in [0.2, 0.25) is 5.15 Å². The lowest BCUT2D eigenvalue weighted by atomic mass is 10.1. The van der Waals surface area contributed by atoms with E-state index in [2.05, 4.69) is 20.9 Å². The molecule has 4 heteroatoms. The van der Waals surface area contributed by atoms with E-state index in [9.17, 15) is 4.79 Å². The molecule has 1 atom stereocenters. The number of rotatable bonds is 2. The molecule has 0 saturated carbocycles. The van der Waals surface area contributed by atoms with Crippen LogP contribution in [0.15, 0.2) is 12.3 Å². The van der Waals surface area contributed by atoms with Crippen molar-refractivity contribution in [3.05, 3.63) is 28.5 Å². The highest BCUT2D eigenvalue weighted by Gasteiger charge is 2.14. The summed E-state index contributed by atoms with van der Waals surface area (Å²) < 4.78 is 0. The van der Waals surface area contributed by atoms with Gasteiger partial charge in [0.1, 0.15) is 5.15 Å². The van der Waals surface area contributed by atoms with E-state index in [1.165, 1.54) is 6.20 Å². The SMILES string of the molecule is Cc1cc(Cl)ncc1C(=O)C(C)Br. The van der Waals surface area contributed by atoms with Crippen molar-refractivity contribution in [2.45, 2.75) is 18.7 Å². The van der Waals surface area contributed by atoms with Crippen molar-refractivity contribution in [1.29, 1.82) is 0 Å². The lowest BCUT2D eigenvalue weighted by Gasteiger charge is -2.05. The molecule has 1 aromatic rings. The molecule has 0 amide bonds. The Labute approximate surface area is 90.4 Å². The zero-order chi connectivity index (χ0) is 10.0. The van der Waals surface area contributed by atoms with Crippen LogP contribution in [0.5, 0.6) is 0 Å². The van der Waals surface area contributed by atoms with Gasteiger partial charge in [-0.3, -0.25) is 4.79 Å². The summed E-state index contributed by atoms with van der Waals surface area (Å²) in [6, 6.07) is 1.68. The molecule has 0 spiro atoms. The van der Waals surface area contributed by atoms with Gasteiger partial charge < -0.3 is 0 Å². The van der Waals surface area contributed by atoms with Crippen LogP contribution in [0.25, 0.3) is 0 Å². The van der Waals surface area contributed by atoms with E-state index < -0.39 is 0 Å². The van der Waals surface area contributed by atoms with Gasteiger partial charge in [0.05, 0.1) is 4.83 Å². The lowest BCUT2D eigenvalue weighted by molar-refractivity contribution is 0.0995. The molecule has 13 heavy (non-hydrogen) atoms. The molecule has 0 radical (unpaired) electrons. The first kappa shape index (κ1) is 10.7. The third-order valence-corrected chi connectivity index (χ3v) is 2.33. The van der Waals surface area contributed by atoms with Gasteiger partial charge in [0.2, 0.25) is 0 Å². The fraction of sp³-hybridized carbons (Fsp3) is 0.333. The minimum atomic E-state index is -0.186. The summed E-state index contributed by atoms with van der Waals surface area (Å²) in [5.41, 5.74) is 1.48. The maximum atomic E-state index is 11.5. The standard InChI is InChI=1S/C9H9BrClNO/c1-5-3-8(11)12-4-7(5)9(13)6(2)10/h3-4,6H,1-2H3. The Kier molecular flexibility index (Phi) is 3.45. The molecule has 1 heterocycles. The van der Waals surface area contributed by atoms with E-state index in [-0.39, 0.29) is 10.6 Å². The Balaban J connectivity index is 3.09. The van der Waals surface area contributed by atoms with Crippen LogP contribution in [0.1, 0.15) is 22.8 Å². The molecule has 0 fully saturated rings. The highest BCUT2D eigenvalue weighted by Crippen LogP contribution is 2.16. The topological polar surface area (TPSA) is 30.0 Å². The van der Waals surface area contributed by atoms with Crippen molar-refractivity contribution in [3.8, 4) is 0 Å². The van der Waals surface area contributed by atoms with Crippen molar-refractivity contribution in [2.24, 2.45) is 0 Å². The quantitative estimate of drug-likeness (QED) is 0.466. The Morgan fingerprint density at radius 3 is 2.77 bits per heavy atom. The number of hydrogen-bond donors (Lipinski definition) is 0. The average Bonchev–Trinajstić information content (AvgIpc) is 2.03. The van der Waals surface area contributed by atoms with Crippen LogP contribution in [-0.4, -0.2) is 15.6 Å². The van der Waals surface area contributed by atoms with Crippen LogP contribution in [-0.2, 0) is 0 Å². The first-order valence-corrected chi connectivity index (χ1v) is 5.12. The summed E-state index contributed by atoms with van der Waals surface area (Å²) in [5.74, 6) is 0.0293. The summed E-state index contributed by atoms with van der Waals surface area (Å²) in [7, 11) is 0. The molecular weight excluding hydrogens is 253 g/mol. The summed E-state index contributed by atoms with van der Waals surface area (Å²) in [6.07, 6.45) is 1.51. The van der Waals surface area contributed by atoms with Gasteiger partial charge >= 0.3 is 0 Å². The fourth-order valence-electron chi connectivity index (χ4n) is 0.994. The van der Waals surface area contributed by atoms with Gasteiger partial charge in [0.25, 0.3) is 0 Å². The van der Waals surface area contributed by atoms with Crippen LogP contribution in [0.4, 0.5) is 0 Å². The van der Waals surface area contributed by atoms with Gasteiger partial charge in [-0.25, -0.2) is 4.98 Å². The Morgan fingerprint density at radius 2 is 2.31 bits per heavy atom.